The molecule has 1 aromatic rings. The summed E-state index contributed by atoms with van der Waals surface area (Å²) in [6.07, 6.45) is 1.36. The lowest BCUT2D eigenvalue weighted by Gasteiger charge is -2.29. The van der Waals surface area contributed by atoms with Crippen molar-refractivity contribution >= 4 is 11.6 Å². The molecule has 0 bridgehead atoms. The number of hydrogen-bond donors (Lipinski definition) is 2. The van der Waals surface area contributed by atoms with Crippen molar-refractivity contribution < 1.29 is 4.79 Å². The van der Waals surface area contributed by atoms with E-state index in [1.54, 1.807) is 7.05 Å². The van der Waals surface area contributed by atoms with Crippen LogP contribution in [-0.4, -0.2) is 39.1 Å². The number of nitrogens with one attached hydrogen (secondary N) is 2. The zero-order chi connectivity index (χ0) is 12.8. The van der Waals surface area contributed by atoms with Crippen LogP contribution in [-0.2, 0) is 11.2 Å². The van der Waals surface area contributed by atoms with Crippen LogP contribution in [0.1, 0.15) is 12.0 Å². The first-order valence-electron chi connectivity index (χ1n) is 6.55. The van der Waals surface area contributed by atoms with Crippen molar-refractivity contribution in [2.45, 2.75) is 12.8 Å². The van der Waals surface area contributed by atoms with Gasteiger partial charge in [0.1, 0.15) is 0 Å². The van der Waals surface area contributed by atoms with Crippen molar-refractivity contribution in [2.75, 3.05) is 38.1 Å². The van der Waals surface area contributed by atoms with Crippen molar-refractivity contribution in [1.82, 2.24) is 10.6 Å². The molecule has 0 radical (unpaired) electrons. The Kier molecular flexibility index (Phi) is 4.59. The van der Waals surface area contributed by atoms with Gasteiger partial charge in [-0.1, -0.05) is 12.1 Å². The number of carbonyl (C=O) groups excluding carboxylic acids is 1. The van der Waals surface area contributed by atoms with Crippen molar-refractivity contribution in [3.63, 3.8) is 0 Å². The van der Waals surface area contributed by atoms with E-state index in [9.17, 15) is 4.79 Å². The minimum atomic E-state index is 0.0996. The highest BCUT2D eigenvalue weighted by Gasteiger charge is 2.10. The normalized spacial score (nSPS) is 15.5. The maximum Gasteiger partial charge on any atom is 0.220 e. The fourth-order valence-corrected chi connectivity index (χ4v) is 2.21. The van der Waals surface area contributed by atoms with E-state index in [0.29, 0.717) is 6.42 Å². The van der Waals surface area contributed by atoms with Gasteiger partial charge in [0.05, 0.1) is 0 Å². The van der Waals surface area contributed by atoms with Crippen molar-refractivity contribution in [2.24, 2.45) is 0 Å². The zero-order valence-electron chi connectivity index (χ0n) is 10.9. The van der Waals surface area contributed by atoms with E-state index in [4.69, 9.17) is 0 Å². The van der Waals surface area contributed by atoms with Gasteiger partial charge in [0.25, 0.3) is 0 Å². The first-order valence-corrected chi connectivity index (χ1v) is 6.55. The predicted molar refractivity (Wildman–Crippen MR) is 73.9 cm³/mol. The number of rotatable bonds is 4. The molecule has 0 atom stereocenters. The summed E-state index contributed by atoms with van der Waals surface area (Å²) < 4.78 is 0. The quantitative estimate of drug-likeness (QED) is 0.826. The molecule has 0 aromatic heterocycles. The first kappa shape index (κ1) is 12.9. The largest absolute Gasteiger partial charge is 0.369 e. The highest BCUT2D eigenvalue weighted by molar-refractivity contribution is 5.75. The van der Waals surface area contributed by atoms with Crippen LogP contribution >= 0.6 is 0 Å². The number of benzene rings is 1. The van der Waals surface area contributed by atoms with Gasteiger partial charge in [-0.15, -0.1) is 0 Å². The molecule has 4 nitrogen and oxygen atoms in total. The topological polar surface area (TPSA) is 44.4 Å². The van der Waals surface area contributed by atoms with E-state index in [1.807, 2.05) is 0 Å². The maximum absolute atomic E-state index is 11.2. The standard InChI is InChI=1S/C14H21N3O/c1-15-14(18)6-5-12-3-2-4-13(11-12)17-9-7-16-8-10-17/h2-4,11,16H,5-10H2,1H3,(H,15,18). The molecule has 1 amide bonds. The summed E-state index contributed by atoms with van der Waals surface area (Å²) in [4.78, 5) is 13.6. The van der Waals surface area contributed by atoms with Gasteiger partial charge >= 0.3 is 0 Å². The summed E-state index contributed by atoms with van der Waals surface area (Å²) >= 11 is 0. The number of nitrogens with zero attached hydrogens (tertiary/aromatic N) is 1. The van der Waals surface area contributed by atoms with Crippen LogP contribution in [0.4, 0.5) is 5.69 Å². The molecule has 4 heteroatoms. The molecule has 1 aromatic carbocycles. The SMILES string of the molecule is CNC(=O)CCc1cccc(N2CCNCC2)c1. The van der Waals surface area contributed by atoms with E-state index in [1.165, 1.54) is 11.3 Å². The van der Waals surface area contributed by atoms with Crippen molar-refractivity contribution in [3.8, 4) is 0 Å². The summed E-state index contributed by atoms with van der Waals surface area (Å²) in [6, 6.07) is 8.52. The fraction of sp³-hybridized carbons (Fsp3) is 0.500. The average Bonchev–Trinajstić information content (AvgIpc) is 2.46. The van der Waals surface area contributed by atoms with E-state index in [0.717, 1.165) is 32.6 Å². The Morgan fingerprint density at radius 3 is 2.89 bits per heavy atom. The van der Waals surface area contributed by atoms with Gasteiger partial charge in [-0.25, -0.2) is 0 Å². The Labute approximate surface area is 108 Å². The van der Waals surface area contributed by atoms with Gasteiger partial charge in [0.15, 0.2) is 0 Å². The lowest BCUT2D eigenvalue weighted by atomic mass is 10.1. The predicted octanol–water partition coefficient (Wildman–Crippen LogP) is 0.775. The van der Waals surface area contributed by atoms with Crippen molar-refractivity contribution in [3.05, 3.63) is 29.8 Å². The number of hydrogen-bond acceptors (Lipinski definition) is 3. The molecule has 98 valence electrons. The third kappa shape index (κ3) is 3.47. The third-order valence-electron chi connectivity index (χ3n) is 3.31. The van der Waals surface area contributed by atoms with Crippen LogP contribution in [0.5, 0.6) is 0 Å². The summed E-state index contributed by atoms with van der Waals surface area (Å²) in [6.45, 7) is 4.20. The number of amides is 1. The molecule has 1 aliphatic heterocycles. The Morgan fingerprint density at radius 2 is 2.17 bits per heavy atom. The minimum absolute atomic E-state index is 0.0996. The summed E-state index contributed by atoms with van der Waals surface area (Å²) in [7, 11) is 1.68. The smallest absolute Gasteiger partial charge is 0.220 e. The molecular weight excluding hydrogens is 226 g/mol. The summed E-state index contributed by atoms with van der Waals surface area (Å²) in [5.41, 5.74) is 2.50. The van der Waals surface area contributed by atoms with E-state index < -0.39 is 0 Å². The molecule has 1 saturated heterocycles. The molecule has 2 rings (SSSR count). The minimum Gasteiger partial charge on any atom is -0.369 e. The molecule has 0 unspecified atom stereocenters. The highest BCUT2D eigenvalue weighted by Crippen LogP contribution is 2.17. The van der Waals surface area contributed by atoms with Crippen LogP contribution in [0.3, 0.4) is 0 Å². The number of piperazine rings is 1. The lowest BCUT2D eigenvalue weighted by Crippen LogP contribution is -2.43. The van der Waals surface area contributed by atoms with Crippen LogP contribution < -0.4 is 15.5 Å². The van der Waals surface area contributed by atoms with Gasteiger partial charge in [-0.2, -0.15) is 0 Å². The van der Waals surface area contributed by atoms with Gasteiger partial charge in [-0.05, 0) is 24.1 Å². The van der Waals surface area contributed by atoms with Crippen LogP contribution in [0.2, 0.25) is 0 Å². The highest BCUT2D eigenvalue weighted by atomic mass is 16.1. The Hall–Kier alpha value is -1.55. The van der Waals surface area contributed by atoms with E-state index in [-0.39, 0.29) is 5.91 Å². The fourth-order valence-electron chi connectivity index (χ4n) is 2.21. The summed E-state index contributed by atoms with van der Waals surface area (Å²) in [5, 5.41) is 6.01. The van der Waals surface area contributed by atoms with Crippen LogP contribution in [0.15, 0.2) is 24.3 Å². The molecular formula is C14H21N3O. The van der Waals surface area contributed by atoms with Gasteiger partial charge in [0.2, 0.25) is 5.91 Å². The third-order valence-corrected chi connectivity index (χ3v) is 3.31. The number of carbonyl (C=O) groups is 1. The van der Waals surface area contributed by atoms with Gasteiger partial charge in [-0.3, -0.25) is 4.79 Å². The second-order valence-corrected chi connectivity index (χ2v) is 4.58. The zero-order valence-corrected chi connectivity index (χ0v) is 10.9. The summed E-state index contributed by atoms with van der Waals surface area (Å²) in [5.74, 6) is 0.0996. The molecule has 0 spiro atoms. The second kappa shape index (κ2) is 6.40. The van der Waals surface area contributed by atoms with Gasteiger partial charge in [0, 0.05) is 45.3 Å². The van der Waals surface area contributed by atoms with E-state index >= 15 is 0 Å². The monoisotopic (exact) mass is 247 g/mol. The van der Waals surface area contributed by atoms with Crippen LogP contribution in [0, 0.1) is 0 Å². The Morgan fingerprint density at radius 1 is 1.39 bits per heavy atom. The first-order chi connectivity index (χ1) is 8.79. The molecule has 1 fully saturated rings. The number of aryl methyl sites for hydroxylation is 1. The molecule has 0 aliphatic carbocycles. The molecule has 1 heterocycles. The molecule has 0 saturated carbocycles. The molecule has 2 N–H and O–H groups in total. The number of anilines is 1. The maximum atomic E-state index is 11.2. The Bertz CT molecular complexity index is 400. The van der Waals surface area contributed by atoms with Gasteiger partial charge < -0.3 is 15.5 Å². The lowest BCUT2D eigenvalue weighted by molar-refractivity contribution is -0.120. The molecule has 1 aliphatic rings. The average molecular weight is 247 g/mol. The molecule has 18 heavy (non-hydrogen) atoms. The second-order valence-electron chi connectivity index (χ2n) is 4.58. The van der Waals surface area contributed by atoms with E-state index in [2.05, 4.69) is 39.8 Å². The Balaban J connectivity index is 1.98. The van der Waals surface area contributed by atoms with Crippen molar-refractivity contribution in [1.29, 1.82) is 0 Å². The van der Waals surface area contributed by atoms with Crippen LogP contribution in [0.25, 0.3) is 0 Å².